The molecule has 2 atom stereocenters. The molecule has 0 aliphatic carbocycles. The molecule has 0 unspecified atom stereocenters. The van der Waals surface area contributed by atoms with Crippen LogP contribution >= 0.6 is 0 Å². The summed E-state index contributed by atoms with van der Waals surface area (Å²) in [7, 11) is 2.16. The molecule has 1 N–H and O–H groups in total. The number of ketones is 2. The molecule has 1 aromatic carbocycles. The molecule has 1 aliphatic rings. The Morgan fingerprint density at radius 3 is 2.48 bits per heavy atom. The molecule has 1 aromatic heterocycles. The molecule has 2 aromatic rings. The molecule has 0 radical (unpaired) electrons. The van der Waals surface area contributed by atoms with E-state index in [1.54, 1.807) is 30.5 Å². The van der Waals surface area contributed by atoms with Crippen LogP contribution in [-0.2, 0) is 4.79 Å². The summed E-state index contributed by atoms with van der Waals surface area (Å²) in [5, 5.41) is 8.73. The van der Waals surface area contributed by atoms with E-state index < -0.39 is 6.61 Å². The van der Waals surface area contributed by atoms with Gasteiger partial charge in [0.25, 0.3) is 0 Å². The van der Waals surface area contributed by atoms with E-state index in [0.29, 0.717) is 23.3 Å². The molecule has 1 aliphatic heterocycles. The average molecular weight is 420 g/mol. The number of pyridine rings is 1. The van der Waals surface area contributed by atoms with E-state index in [0.717, 1.165) is 24.3 Å². The van der Waals surface area contributed by atoms with Crippen LogP contribution in [0.4, 0.5) is 5.69 Å². The van der Waals surface area contributed by atoms with Gasteiger partial charge in [-0.15, -0.1) is 0 Å². The molecular formula is C25H29N3O3. The highest BCUT2D eigenvalue weighted by atomic mass is 16.3. The quantitative estimate of drug-likeness (QED) is 0.549. The van der Waals surface area contributed by atoms with Gasteiger partial charge >= 0.3 is 0 Å². The Balaban J connectivity index is 1.67. The lowest BCUT2D eigenvalue weighted by Crippen LogP contribution is -2.55. The number of aliphatic hydroxyl groups excluding tert-OH is 1. The van der Waals surface area contributed by atoms with Crippen LogP contribution in [0.5, 0.6) is 0 Å². The number of rotatable bonds is 7. The number of benzene rings is 1. The van der Waals surface area contributed by atoms with E-state index >= 15 is 0 Å². The Morgan fingerprint density at radius 1 is 1.10 bits per heavy atom. The molecule has 0 saturated carbocycles. The van der Waals surface area contributed by atoms with Crippen LogP contribution in [0.25, 0.3) is 12.2 Å². The number of aliphatic hydroxyl groups is 1. The summed E-state index contributed by atoms with van der Waals surface area (Å²) in [6.45, 7) is 5.79. The fourth-order valence-corrected chi connectivity index (χ4v) is 3.58. The zero-order valence-corrected chi connectivity index (χ0v) is 18.2. The smallest absolute Gasteiger partial charge is 0.185 e. The minimum atomic E-state index is -0.520. The molecule has 6 heteroatoms. The molecule has 0 bridgehead atoms. The first-order chi connectivity index (χ1) is 14.9. The summed E-state index contributed by atoms with van der Waals surface area (Å²) in [6.07, 6.45) is 7.75. The topological polar surface area (TPSA) is 73.7 Å². The van der Waals surface area contributed by atoms with Gasteiger partial charge < -0.3 is 10.0 Å². The third-order valence-corrected chi connectivity index (χ3v) is 5.69. The maximum Gasteiger partial charge on any atom is 0.185 e. The number of carbonyl (C=O) groups excluding carboxylic acids is 2. The fourth-order valence-electron chi connectivity index (χ4n) is 3.58. The first kappa shape index (κ1) is 22.6. The van der Waals surface area contributed by atoms with Crippen molar-refractivity contribution < 1.29 is 14.7 Å². The molecule has 162 valence electrons. The van der Waals surface area contributed by atoms with Crippen molar-refractivity contribution in [2.45, 2.75) is 25.9 Å². The Bertz CT molecular complexity index is 970. The average Bonchev–Trinajstić information content (AvgIpc) is 2.79. The Morgan fingerprint density at radius 2 is 1.84 bits per heavy atom. The van der Waals surface area contributed by atoms with Crippen LogP contribution in [0.3, 0.4) is 0 Å². The predicted octanol–water partition coefficient (Wildman–Crippen LogP) is 3.08. The summed E-state index contributed by atoms with van der Waals surface area (Å²) in [5.74, 6) is -0.436. The van der Waals surface area contributed by atoms with Gasteiger partial charge in [0.15, 0.2) is 11.6 Å². The van der Waals surface area contributed by atoms with Gasteiger partial charge in [-0.05, 0) is 69.0 Å². The van der Waals surface area contributed by atoms with Crippen molar-refractivity contribution in [3.8, 4) is 0 Å². The summed E-state index contributed by atoms with van der Waals surface area (Å²) in [4.78, 5) is 32.8. The maximum atomic E-state index is 12.7. The lowest BCUT2D eigenvalue weighted by Gasteiger charge is -2.43. The Hall–Kier alpha value is -3.09. The van der Waals surface area contributed by atoms with E-state index in [4.69, 9.17) is 5.11 Å². The lowest BCUT2D eigenvalue weighted by atomic mass is 10.1. The number of hydrogen-bond donors (Lipinski definition) is 1. The van der Waals surface area contributed by atoms with Crippen molar-refractivity contribution >= 4 is 29.4 Å². The molecule has 0 amide bonds. The SMILES string of the molecule is C[C@@H]1CN(c2cccc(C(=O)/C=C/c3ccc(/C=C/C(=O)CO)nc3)c2)C[C@H](C)N1C. The van der Waals surface area contributed by atoms with Gasteiger partial charge in [-0.25, -0.2) is 0 Å². The second kappa shape index (κ2) is 10.3. The number of allylic oxidation sites excluding steroid dienone is 1. The van der Waals surface area contributed by atoms with Gasteiger partial charge in [0.2, 0.25) is 0 Å². The second-order valence-electron chi connectivity index (χ2n) is 7.99. The third kappa shape index (κ3) is 5.96. The maximum absolute atomic E-state index is 12.7. The van der Waals surface area contributed by atoms with Crippen LogP contribution in [0.1, 0.15) is 35.5 Å². The van der Waals surface area contributed by atoms with E-state index in [9.17, 15) is 9.59 Å². The van der Waals surface area contributed by atoms with Gasteiger partial charge in [-0.2, -0.15) is 0 Å². The number of likely N-dealkylation sites (N-methyl/N-ethyl adjacent to an activating group) is 1. The molecule has 1 fully saturated rings. The van der Waals surface area contributed by atoms with Crippen molar-refractivity contribution in [1.29, 1.82) is 0 Å². The third-order valence-electron chi connectivity index (χ3n) is 5.69. The number of aromatic nitrogens is 1. The number of nitrogens with zero attached hydrogens (tertiary/aromatic N) is 3. The summed E-state index contributed by atoms with van der Waals surface area (Å²) in [5.41, 5.74) is 3.12. The molecule has 0 spiro atoms. The summed E-state index contributed by atoms with van der Waals surface area (Å²) < 4.78 is 0. The fraction of sp³-hybridized carbons (Fsp3) is 0.320. The van der Waals surface area contributed by atoms with Gasteiger partial charge in [-0.3, -0.25) is 19.5 Å². The number of carbonyl (C=O) groups is 2. The first-order valence-electron chi connectivity index (χ1n) is 10.4. The monoisotopic (exact) mass is 419 g/mol. The van der Waals surface area contributed by atoms with E-state index in [-0.39, 0.29) is 11.6 Å². The Labute approximate surface area is 183 Å². The normalized spacial score (nSPS) is 19.9. The Kier molecular flexibility index (Phi) is 7.50. The molecule has 2 heterocycles. The van der Waals surface area contributed by atoms with Crippen molar-refractivity contribution in [2.75, 3.05) is 31.6 Å². The minimum absolute atomic E-state index is 0.0606. The van der Waals surface area contributed by atoms with E-state index in [1.807, 2.05) is 24.3 Å². The van der Waals surface area contributed by atoms with E-state index in [1.165, 1.54) is 6.08 Å². The van der Waals surface area contributed by atoms with Crippen molar-refractivity contribution in [3.63, 3.8) is 0 Å². The molecule has 31 heavy (non-hydrogen) atoms. The molecule has 1 saturated heterocycles. The summed E-state index contributed by atoms with van der Waals surface area (Å²) >= 11 is 0. The van der Waals surface area contributed by atoms with Crippen LogP contribution in [-0.4, -0.2) is 65.4 Å². The minimum Gasteiger partial charge on any atom is -0.388 e. The zero-order chi connectivity index (χ0) is 22.4. The van der Waals surface area contributed by atoms with Gasteiger partial charge in [-0.1, -0.05) is 18.2 Å². The highest BCUT2D eigenvalue weighted by Crippen LogP contribution is 2.23. The molecule has 6 nitrogen and oxygen atoms in total. The standard InChI is InChI=1S/C25H29N3O3/c1-18-15-28(16-19(2)27(18)3)23-6-4-5-21(13-23)25(31)12-8-20-7-9-22(26-14-20)10-11-24(30)17-29/h4-14,18-19,29H,15-17H2,1-3H3/b11-10+,12-8+/t18-,19+. The van der Waals surface area contributed by atoms with Crippen LogP contribution < -0.4 is 4.90 Å². The molecule has 3 rings (SSSR count). The van der Waals surface area contributed by atoms with E-state index in [2.05, 4.69) is 41.7 Å². The number of piperazine rings is 1. The summed E-state index contributed by atoms with van der Waals surface area (Å²) in [6, 6.07) is 12.3. The van der Waals surface area contributed by atoms with Gasteiger partial charge in [0, 0.05) is 42.6 Å². The highest BCUT2D eigenvalue weighted by Gasteiger charge is 2.26. The lowest BCUT2D eigenvalue weighted by molar-refractivity contribution is -0.117. The van der Waals surface area contributed by atoms with Crippen molar-refractivity contribution in [1.82, 2.24) is 9.88 Å². The largest absolute Gasteiger partial charge is 0.388 e. The van der Waals surface area contributed by atoms with Crippen LogP contribution in [0.2, 0.25) is 0 Å². The number of hydrogen-bond acceptors (Lipinski definition) is 6. The van der Waals surface area contributed by atoms with Crippen molar-refractivity contribution in [2.24, 2.45) is 0 Å². The molecular weight excluding hydrogens is 390 g/mol. The zero-order valence-electron chi connectivity index (χ0n) is 18.2. The number of anilines is 1. The highest BCUT2D eigenvalue weighted by molar-refractivity contribution is 6.07. The van der Waals surface area contributed by atoms with Crippen LogP contribution in [0, 0.1) is 0 Å². The van der Waals surface area contributed by atoms with Crippen molar-refractivity contribution in [3.05, 3.63) is 71.6 Å². The first-order valence-corrected chi connectivity index (χ1v) is 10.4. The predicted molar refractivity (Wildman–Crippen MR) is 124 cm³/mol. The van der Waals surface area contributed by atoms with Gasteiger partial charge in [0.05, 0.1) is 5.69 Å². The second-order valence-corrected chi connectivity index (χ2v) is 7.99. The van der Waals surface area contributed by atoms with Crippen LogP contribution in [0.15, 0.2) is 54.7 Å². The van der Waals surface area contributed by atoms with Gasteiger partial charge in [0.1, 0.15) is 6.61 Å².